The Hall–Kier alpha value is -2.23. The summed E-state index contributed by atoms with van der Waals surface area (Å²) in [7, 11) is 0. The number of imidazole rings is 1. The summed E-state index contributed by atoms with van der Waals surface area (Å²) in [5, 5.41) is 0. The number of nitrogens with zero attached hydrogens (tertiary/aromatic N) is 3. The Morgan fingerprint density at radius 1 is 1.25 bits per heavy atom. The fraction of sp³-hybridized carbons (Fsp3) is 0. The molecular formula is C12H8FN3. The molecular weight excluding hydrogens is 205 g/mol. The van der Waals surface area contributed by atoms with E-state index in [9.17, 15) is 4.39 Å². The third-order valence-electron chi connectivity index (χ3n) is 2.38. The van der Waals surface area contributed by atoms with Crippen molar-refractivity contribution in [2.45, 2.75) is 0 Å². The van der Waals surface area contributed by atoms with E-state index in [2.05, 4.69) is 9.97 Å². The smallest absolute Gasteiger partial charge is 0.155 e. The molecule has 0 saturated carbocycles. The predicted octanol–water partition coefficient (Wildman–Crippen LogP) is 2.54. The Balaban J connectivity index is 2.19. The van der Waals surface area contributed by atoms with E-state index in [4.69, 9.17) is 0 Å². The molecule has 0 atom stereocenters. The molecule has 4 heteroatoms. The molecule has 0 aliphatic heterocycles. The first-order valence-corrected chi connectivity index (χ1v) is 4.87. The molecule has 0 radical (unpaired) electrons. The lowest BCUT2D eigenvalue weighted by molar-refractivity contribution is 0.628. The normalized spacial score (nSPS) is 10.8. The van der Waals surface area contributed by atoms with Gasteiger partial charge in [0.1, 0.15) is 5.82 Å². The van der Waals surface area contributed by atoms with Crippen LogP contribution in [-0.4, -0.2) is 14.4 Å². The topological polar surface area (TPSA) is 30.2 Å². The molecule has 78 valence electrons. The molecule has 0 unspecified atom stereocenters. The van der Waals surface area contributed by atoms with Crippen molar-refractivity contribution >= 4 is 5.65 Å². The van der Waals surface area contributed by atoms with Crippen LogP contribution < -0.4 is 0 Å². The molecule has 0 spiro atoms. The van der Waals surface area contributed by atoms with Crippen LogP contribution in [0.1, 0.15) is 0 Å². The van der Waals surface area contributed by atoms with Crippen LogP contribution >= 0.6 is 0 Å². The van der Waals surface area contributed by atoms with Gasteiger partial charge in [0.15, 0.2) is 5.65 Å². The van der Waals surface area contributed by atoms with E-state index >= 15 is 0 Å². The standard InChI is InChI=1S/C12H8FN3/c13-10-3-1-2-9(6-10)11-8-16-5-4-14-7-12(16)15-11/h1-8H. The zero-order valence-electron chi connectivity index (χ0n) is 8.34. The molecule has 3 aromatic rings. The van der Waals surface area contributed by atoms with Crippen molar-refractivity contribution in [3.63, 3.8) is 0 Å². The second-order valence-electron chi connectivity index (χ2n) is 3.48. The molecule has 2 aromatic heterocycles. The van der Waals surface area contributed by atoms with Crippen LogP contribution in [0.15, 0.2) is 49.1 Å². The van der Waals surface area contributed by atoms with Gasteiger partial charge in [-0.3, -0.25) is 4.98 Å². The van der Waals surface area contributed by atoms with E-state index < -0.39 is 0 Å². The maximum Gasteiger partial charge on any atom is 0.155 e. The van der Waals surface area contributed by atoms with Gasteiger partial charge in [-0.05, 0) is 12.1 Å². The Labute approximate surface area is 91.2 Å². The van der Waals surface area contributed by atoms with Gasteiger partial charge in [0, 0.05) is 24.2 Å². The van der Waals surface area contributed by atoms with Gasteiger partial charge >= 0.3 is 0 Å². The lowest BCUT2D eigenvalue weighted by atomic mass is 10.2. The summed E-state index contributed by atoms with van der Waals surface area (Å²) in [5.74, 6) is -0.257. The van der Waals surface area contributed by atoms with E-state index in [1.807, 2.05) is 22.9 Å². The fourth-order valence-corrected chi connectivity index (χ4v) is 1.63. The second-order valence-corrected chi connectivity index (χ2v) is 3.48. The maximum atomic E-state index is 13.1. The van der Waals surface area contributed by atoms with E-state index in [0.29, 0.717) is 0 Å². The number of aromatic nitrogens is 3. The Kier molecular flexibility index (Phi) is 1.93. The summed E-state index contributed by atoms with van der Waals surface area (Å²) in [6, 6.07) is 6.39. The summed E-state index contributed by atoms with van der Waals surface area (Å²) < 4.78 is 14.9. The minimum Gasteiger partial charge on any atom is -0.304 e. The first kappa shape index (κ1) is 9.03. The van der Waals surface area contributed by atoms with Crippen LogP contribution in [0.3, 0.4) is 0 Å². The van der Waals surface area contributed by atoms with Crippen molar-refractivity contribution in [1.29, 1.82) is 0 Å². The number of hydrogen-bond donors (Lipinski definition) is 0. The van der Waals surface area contributed by atoms with Crippen LogP contribution in [0.25, 0.3) is 16.9 Å². The van der Waals surface area contributed by atoms with Gasteiger partial charge in [-0.2, -0.15) is 0 Å². The van der Waals surface area contributed by atoms with Crippen molar-refractivity contribution in [3.8, 4) is 11.3 Å². The summed E-state index contributed by atoms with van der Waals surface area (Å²) in [4.78, 5) is 8.34. The third kappa shape index (κ3) is 1.44. The minimum atomic E-state index is -0.257. The van der Waals surface area contributed by atoms with Crippen molar-refractivity contribution < 1.29 is 4.39 Å². The predicted molar refractivity (Wildman–Crippen MR) is 58.4 cm³/mol. The first-order chi connectivity index (χ1) is 7.83. The van der Waals surface area contributed by atoms with E-state index in [1.165, 1.54) is 12.1 Å². The SMILES string of the molecule is Fc1cccc(-c2cn3ccncc3n2)c1. The molecule has 16 heavy (non-hydrogen) atoms. The number of benzene rings is 1. The Morgan fingerprint density at radius 2 is 2.19 bits per heavy atom. The number of rotatable bonds is 1. The van der Waals surface area contributed by atoms with Gasteiger partial charge in [-0.1, -0.05) is 12.1 Å². The zero-order valence-corrected chi connectivity index (χ0v) is 8.34. The molecule has 3 nitrogen and oxygen atoms in total. The summed E-state index contributed by atoms with van der Waals surface area (Å²) in [6.45, 7) is 0. The largest absolute Gasteiger partial charge is 0.304 e. The van der Waals surface area contributed by atoms with Crippen molar-refractivity contribution in [2.24, 2.45) is 0 Å². The first-order valence-electron chi connectivity index (χ1n) is 4.87. The highest BCUT2D eigenvalue weighted by molar-refractivity contribution is 5.62. The molecule has 0 aliphatic rings. The number of hydrogen-bond acceptors (Lipinski definition) is 2. The van der Waals surface area contributed by atoms with Crippen LogP contribution in [0.5, 0.6) is 0 Å². The van der Waals surface area contributed by atoms with E-state index in [-0.39, 0.29) is 5.82 Å². The summed E-state index contributed by atoms with van der Waals surface area (Å²) in [5.41, 5.74) is 2.26. The van der Waals surface area contributed by atoms with Crippen molar-refractivity contribution in [2.75, 3.05) is 0 Å². The highest BCUT2D eigenvalue weighted by Crippen LogP contribution is 2.19. The highest BCUT2D eigenvalue weighted by Gasteiger charge is 2.04. The second kappa shape index (κ2) is 3.41. The van der Waals surface area contributed by atoms with Gasteiger partial charge < -0.3 is 4.40 Å². The zero-order chi connectivity index (χ0) is 11.0. The Bertz CT molecular complexity index is 612. The monoisotopic (exact) mass is 213 g/mol. The quantitative estimate of drug-likeness (QED) is 0.621. The summed E-state index contributed by atoms with van der Waals surface area (Å²) >= 11 is 0. The average molecular weight is 213 g/mol. The lowest BCUT2D eigenvalue weighted by Crippen LogP contribution is -1.81. The Morgan fingerprint density at radius 3 is 3.00 bits per heavy atom. The van der Waals surface area contributed by atoms with Gasteiger partial charge in [0.25, 0.3) is 0 Å². The van der Waals surface area contributed by atoms with Gasteiger partial charge in [0.05, 0.1) is 11.9 Å². The molecule has 2 heterocycles. The molecule has 0 N–H and O–H groups in total. The van der Waals surface area contributed by atoms with Crippen LogP contribution in [0, 0.1) is 5.82 Å². The van der Waals surface area contributed by atoms with Gasteiger partial charge in [-0.15, -0.1) is 0 Å². The minimum absolute atomic E-state index is 0.257. The summed E-state index contributed by atoms with van der Waals surface area (Å²) in [6.07, 6.45) is 7.02. The lowest BCUT2D eigenvalue weighted by Gasteiger charge is -1.94. The van der Waals surface area contributed by atoms with Crippen LogP contribution in [-0.2, 0) is 0 Å². The molecule has 0 saturated heterocycles. The number of fused-ring (bicyclic) bond motifs is 1. The van der Waals surface area contributed by atoms with E-state index in [0.717, 1.165) is 16.9 Å². The molecule has 0 amide bonds. The maximum absolute atomic E-state index is 13.1. The fourth-order valence-electron chi connectivity index (χ4n) is 1.63. The van der Waals surface area contributed by atoms with Crippen molar-refractivity contribution in [3.05, 3.63) is 54.9 Å². The molecule has 1 aromatic carbocycles. The van der Waals surface area contributed by atoms with Gasteiger partial charge in [-0.25, -0.2) is 9.37 Å². The van der Waals surface area contributed by atoms with Crippen LogP contribution in [0.4, 0.5) is 4.39 Å². The highest BCUT2D eigenvalue weighted by atomic mass is 19.1. The molecule has 0 bridgehead atoms. The number of halogens is 1. The van der Waals surface area contributed by atoms with E-state index in [1.54, 1.807) is 18.5 Å². The average Bonchev–Trinajstić information content (AvgIpc) is 2.72. The van der Waals surface area contributed by atoms with Gasteiger partial charge in [0.2, 0.25) is 0 Å². The third-order valence-corrected chi connectivity index (χ3v) is 2.38. The van der Waals surface area contributed by atoms with Crippen molar-refractivity contribution in [1.82, 2.24) is 14.4 Å². The molecule has 0 fully saturated rings. The molecule has 3 rings (SSSR count). The van der Waals surface area contributed by atoms with Crippen LogP contribution in [0.2, 0.25) is 0 Å². The molecule has 0 aliphatic carbocycles.